The van der Waals surface area contributed by atoms with Crippen molar-refractivity contribution in [1.82, 2.24) is 0 Å². The standard InChI is InChI=1S/C25H19N3O8/c1-2-34-23-14-16(6-11-22(23)35-15-17-4-3-5-20(12-17)28(32)33)13-21-25(29)36-24(26-21)18-7-9-19(10-8-18)27(30)31/h3-14H,2,15H2,1H3/b21-13-. The van der Waals surface area contributed by atoms with Gasteiger partial charge in [0.05, 0.1) is 16.5 Å². The summed E-state index contributed by atoms with van der Waals surface area (Å²) in [7, 11) is 0. The third-order valence-electron chi connectivity index (χ3n) is 5.03. The molecule has 0 saturated carbocycles. The molecule has 1 aliphatic rings. The fraction of sp³-hybridized carbons (Fsp3) is 0.120. The Labute approximate surface area is 204 Å². The van der Waals surface area contributed by atoms with E-state index in [0.29, 0.717) is 34.8 Å². The summed E-state index contributed by atoms with van der Waals surface area (Å²) in [5.74, 6) is 0.230. The highest BCUT2D eigenvalue weighted by Crippen LogP contribution is 2.31. The fourth-order valence-corrected chi connectivity index (χ4v) is 3.34. The first-order valence-electron chi connectivity index (χ1n) is 10.7. The summed E-state index contributed by atoms with van der Waals surface area (Å²) in [4.78, 5) is 37.4. The number of non-ortho nitro benzene ring substituents is 2. The molecule has 0 aromatic heterocycles. The van der Waals surface area contributed by atoms with Crippen molar-refractivity contribution in [1.29, 1.82) is 0 Å². The average Bonchev–Trinajstić information content (AvgIpc) is 3.24. The second-order valence-corrected chi connectivity index (χ2v) is 7.49. The minimum absolute atomic E-state index is 0.0276. The molecular weight excluding hydrogens is 470 g/mol. The van der Waals surface area contributed by atoms with Crippen LogP contribution in [0.2, 0.25) is 0 Å². The Hall–Kier alpha value is -5.06. The van der Waals surface area contributed by atoms with Crippen molar-refractivity contribution in [3.8, 4) is 11.5 Å². The molecule has 182 valence electrons. The van der Waals surface area contributed by atoms with Crippen LogP contribution in [0, 0.1) is 20.2 Å². The molecular formula is C25H19N3O8. The normalized spacial score (nSPS) is 13.8. The Balaban J connectivity index is 1.54. The minimum atomic E-state index is -0.660. The zero-order valence-corrected chi connectivity index (χ0v) is 19.0. The quantitative estimate of drug-likeness (QED) is 0.180. The predicted octanol–water partition coefficient (Wildman–Crippen LogP) is 4.83. The van der Waals surface area contributed by atoms with Crippen molar-refractivity contribution < 1.29 is 28.9 Å². The molecule has 3 aromatic rings. The number of hydrogen-bond acceptors (Lipinski definition) is 9. The van der Waals surface area contributed by atoms with Crippen LogP contribution in [0.15, 0.2) is 77.4 Å². The number of rotatable bonds is 9. The van der Waals surface area contributed by atoms with Crippen LogP contribution < -0.4 is 9.47 Å². The number of nitro benzene ring substituents is 2. The van der Waals surface area contributed by atoms with E-state index in [1.54, 1.807) is 30.3 Å². The molecule has 0 aliphatic carbocycles. The molecule has 0 atom stereocenters. The molecule has 0 saturated heterocycles. The topological polar surface area (TPSA) is 143 Å². The maximum atomic E-state index is 12.3. The molecule has 0 bridgehead atoms. The van der Waals surface area contributed by atoms with Crippen LogP contribution in [-0.2, 0) is 16.1 Å². The molecule has 11 heteroatoms. The molecule has 0 N–H and O–H groups in total. The van der Waals surface area contributed by atoms with Gasteiger partial charge in [-0.15, -0.1) is 0 Å². The van der Waals surface area contributed by atoms with Crippen molar-refractivity contribution in [3.05, 3.63) is 109 Å². The van der Waals surface area contributed by atoms with Gasteiger partial charge in [-0.25, -0.2) is 9.79 Å². The van der Waals surface area contributed by atoms with E-state index in [4.69, 9.17) is 14.2 Å². The summed E-state index contributed by atoms with van der Waals surface area (Å²) in [5, 5.41) is 21.8. The van der Waals surface area contributed by atoms with Crippen molar-refractivity contribution in [3.63, 3.8) is 0 Å². The van der Waals surface area contributed by atoms with Crippen LogP contribution in [0.4, 0.5) is 11.4 Å². The van der Waals surface area contributed by atoms with E-state index in [9.17, 15) is 25.0 Å². The number of aliphatic imine (C=N–C) groups is 1. The lowest BCUT2D eigenvalue weighted by Crippen LogP contribution is -2.05. The molecule has 0 fully saturated rings. The second-order valence-electron chi connectivity index (χ2n) is 7.49. The van der Waals surface area contributed by atoms with Crippen LogP contribution in [0.3, 0.4) is 0 Å². The van der Waals surface area contributed by atoms with Gasteiger partial charge in [0.1, 0.15) is 6.61 Å². The maximum Gasteiger partial charge on any atom is 0.363 e. The summed E-state index contributed by atoms with van der Waals surface area (Å²) in [6.45, 7) is 2.26. The molecule has 1 aliphatic heterocycles. The van der Waals surface area contributed by atoms with E-state index in [1.807, 2.05) is 6.92 Å². The molecule has 11 nitrogen and oxygen atoms in total. The van der Waals surface area contributed by atoms with E-state index in [0.717, 1.165) is 0 Å². The first-order chi connectivity index (χ1) is 17.3. The first-order valence-corrected chi connectivity index (χ1v) is 10.7. The Morgan fingerprint density at radius 1 is 0.917 bits per heavy atom. The Morgan fingerprint density at radius 2 is 1.67 bits per heavy atom. The number of nitro groups is 2. The summed E-state index contributed by atoms with van der Waals surface area (Å²) in [6, 6.07) is 16.7. The lowest BCUT2D eigenvalue weighted by Gasteiger charge is -2.13. The van der Waals surface area contributed by atoms with Gasteiger partial charge in [0.25, 0.3) is 11.4 Å². The summed E-state index contributed by atoms with van der Waals surface area (Å²) in [6.07, 6.45) is 1.52. The molecule has 4 rings (SSSR count). The summed E-state index contributed by atoms with van der Waals surface area (Å²) >= 11 is 0. The van der Waals surface area contributed by atoms with Gasteiger partial charge in [0, 0.05) is 29.8 Å². The van der Waals surface area contributed by atoms with Crippen LogP contribution >= 0.6 is 0 Å². The Kier molecular flexibility index (Phi) is 7.00. The Bertz CT molecular complexity index is 1400. The SMILES string of the molecule is CCOc1cc(/C=C2\N=C(c3ccc([N+](=O)[O-])cc3)OC2=O)ccc1OCc1cccc([N+](=O)[O-])c1. The van der Waals surface area contributed by atoms with Crippen molar-refractivity contribution in [2.45, 2.75) is 13.5 Å². The van der Waals surface area contributed by atoms with Crippen molar-refractivity contribution in [2.24, 2.45) is 4.99 Å². The first kappa shape index (κ1) is 24.1. The van der Waals surface area contributed by atoms with E-state index in [-0.39, 0.29) is 29.6 Å². The van der Waals surface area contributed by atoms with E-state index in [2.05, 4.69) is 4.99 Å². The number of esters is 1. The van der Waals surface area contributed by atoms with E-state index in [1.165, 1.54) is 42.5 Å². The Morgan fingerprint density at radius 3 is 2.36 bits per heavy atom. The van der Waals surface area contributed by atoms with Gasteiger partial charge in [-0.3, -0.25) is 20.2 Å². The van der Waals surface area contributed by atoms with E-state index < -0.39 is 15.8 Å². The highest BCUT2D eigenvalue weighted by atomic mass is 16.6. The third-order valence-corrected chi connectivity index (χ3v) is 5.03. The van der Waals surface area contributed by atoms with E-state index >= 15 is 0 Å². The van der Waals surface area contributed by atoms with Crippen LogP contribution in [0.1, 0.15) is 23.6 Å². The van der Waals surface area contributed by atoms with Gasteiger partial charge in [-0.1, -0.05) is 18.2 Å². The van der Waals surface area contributed by atoms with Gasteiger partial charge in [-0.2, -0.15) is 0 Å². The lowest BCUT2D eigenvalue weighted by molar-refractivity contribution is -0.385. The smallest absolute Gasteiger partial charge is 0.363 e. The van der Waals surface area contributed by atoms with Gasteiger partial charge in [0.2, 0.25) is 5.90 Å². The van der Waals surface area contributed by atoms with Gasteiger partial charge in [-0.05, 0) is 48.4 Å². The van der Waals surface area contributed by atoms with Crippen LogP contribution in [0.25, 0.3) is 6.08 Å². The molecule has 1 heterocycles. The number of benzene rings is 3. The predicted molar refractivity (Wildman–Crippen MR) is 129 cm³/mol. The molecule has 3 aromatic carbocycles. The lowest BCUT2D eigenvalue weighted by atomic mass is 10.1. The maximum absolute atomic E-state index is 12.3. The van der Waals surface area contributed by atoms with Gasteiger partial charge < -0.3 is 14.2 Å². The summed E-state index contributed by atoms with van der Waals surface area (Å²) in [5.41, 5.74) is 1.59. The third kappa shape index (κ3) is 5.53. The monoisotopic (exact) mass is 489 g/mol. The average molecular weight is 489 g/mol. The van der Waals surface area contributed by atoms with Gasteiger partial charge in [0.15, 0.2) is 17.2 Å². The number of hydrogen-bond donors (Lipinski definition) is 0. The van der Waals surface area contributed by atoms with Crippen molar-refractivity contribution in [2.75, 3.05) is 6.61 Å². The van der Waals surface area contributed by atoms with Gasteiger partial charge >= 0.3 is 5.97 Å². The highest BCUT2D eigenvalue weighted by Gasteiger charge is 2.24. The zero-order valence-electron chi connectivity index (χ0n) is 19.0. The van der Waals surface area contributed by atoms with Crippen molar-refractivity contribution >= 4 is 29.3 Å². The zero-order chi connectivity index (χ0) is 25.7. The minimum Gasteiger partial charge on any atom is -0.490 e. The molecule has 0 spiro atoms. The fourth-order valence-electron chi connectivity index (χ4n) is 3.34. The largest absolute Gasteiger partial charge is 0.490 e. The number of ether oxygens (including phenoxy) is 3. The number of cyclic esters (lactones) is 1. The number of nitrogens with zero attached hydrogens (tertiary/aromatic N) is 3. The number of carbonyl (C=O) groups excluding carboxylic acids is 1. The summed E-state index contributed by atoms with van der Waals surface area (Å²) < 4.78 is 16.7. The molecule has 0 unspecified atom stereocenters. The molecule has 0 radical (unpaired) electrons. The van der Waals surface area contributed by atoms with Crippen LogP contribution in [-0.4, -0.2) is 28.3 Å². The number of carbonyl (C=O) groups is 1. The second kappa shape index (κ2) is 10.5. The van der Waals surface area contributed by atoms with Crippen LogP contribution in [0.5, 0.6) is 11.5 Å². The molecule has 0 amide bonds. The molecule has 36 heavy (non-hydrogen) atoms. The highest BCUT2D eigenvalue weighted by molar-refractivity contribution is 6.12.